The van der Waals surface area contributed by atoms with Crippen molar-refractivity contribution >= 4 is 17.6 Å². The standard InChI is InChI=1S/C12H15N3O6/c1-6(16)9-5-8(15(19)20)3-4-10(9)21-7(2)11(17)14-12(13)18/h3-7,16H,1-2H3,(H3,13,14,17,18)/t6-,7?/m0/s1. The number of nitro groups is 1. The second-order valence-corrected chi connectivity index (χ2v) is 4.27. The van der Waals surface area contributed by atoms with Crippen molar-refractivity contribution in [3.63, 3.8) is 0 Å². The molecule has 21 heavy (non-hydrogen) atoms. The van der Waals surface area contributed by atoms with Crippen LogP contribution in [0.25, 0.3) is 0 Å². The molecule has 1 unspecified atom stereocenters. The third-order valence-electron chi connectivity index (χ3n) is 2.57. The Hall–Kier alpha value is -2.68. The number of rotatable bonds is 5. The van der Waals surface area contributed by atoms with E-state index < -0.39 is 29.1 Å². The fourth-order valence-electron chi connectivity index (χ4n) is 1.55. The maximum absolute atomic E-state index is 11.5. The summed E-state index contributed by atoms with van der Waals surface area (Å²) in [6.45, 7) is 2.77. The van der Waals surface area contributed by atoms with Crippen LogP contribution in [0.3, 0.4) is 0 Å². The summed E-state index contributed by atoms with van der Waals surface area (Å²) in [4.78, 5) is 32.2. The fourth-order valence-corrected chi connectivity index (χ4v) is 1.55. The zero-order valence-electron chi connectivity index (χ0n) is 11.4. The van der Waals surface area contributed by atoms with Crippen molar-refractivity contribution in [1.82, 2.24) is 5.32 Å². The van der Waals surface area contributed by atoms with Crippen LogP contribution in [0.1, 0.15) is 25.5 Å². The van der Waals surface area contributed by atoms with Crippen LogP contribution >= 0.6 is 0 Å². The SMILES string of the molecule is CC(Oc1ccc([N+](=O)[O-])cc1[C@H](C)O)C(=O)NC(N)=O. The average molecular weight is 297 g/mol. The fraction of sp³-hybridized carbons (Fsp3) is 0.333. The molecule has 114 valence electrons. The minimum Gasteiger partial charge on any atom is -0.480 e. The lowest BCUT2D eigenvalue weighted by Gasteiger charge is -2.17. The van der Waals surface area contributed by atoms with Gasteiger partial charge in [0.05, 0.1) is 11.0 Å². The molecule has 0 aliphatic heterocycles. The Kier molecular flexibility index (Phi) is 5.19. The number of nitrogens with one attached hydrogen (secondary N) is 1. The van der Waals surface area contributed by atoms with Gasteiger partial charge in [-0.1, -0.05) is 0 Å². The lowest BCUT2D eigenvalue weighted by Crippen LogP contribution is -2.42. The Morgan fingerprint density at radius 3 is 2.52 bits per heavy atom. The van der Waals surface area contributed by atoms with Gasteiger partial charge in [-0.3, -0.25) is 20.2 Å². The number of urea groups is 1. The number of nitro benzene ring substituents is 1. The Labute approximate surface area is 119 Å². The number of imide groups is 1. The van der Waals surface area contributed by atoms with Gasteiger partial charge in [0.15, 0.2) is 6.10 Å². The average Bonchev–Trinajstić information content (AvgIpc) is 2.37. The lowest BCUT2D eigenvalue weighted by molar-refractivity contribution is -0.385. The number of nitrogens with two attached hydrogens (primary N) is 1. The van der Waals surface area contributed by atoms with E-state index in [0.29, 0.717) is 0 Å². The van der Waals surface area contributed by atoms with Crippen molar-refractivity contribution < 1.29 is 24.4 Å². The number of aliphatic hydroxyl groups excluding tert-OH is 1. The van der Waals surface area contributed by atoms with Gasteiger partial charge in [0, 0.05) is 17.7 Å². The first-order chi connectivity index (χ1) is 9.72. The number of hydrogen-bond donors (Lipinski definition) is 3. The number of nitrogens with zero attached hydrogens (tertiary/aromatic N) is 1. The zero-order chi connectivity index (χ0) is 16.2. The third kappa shape index (κ3) is 4.42. The van der Waals surface area contributed by atoms with E-state index in [0.717, 1.165) is 6.07 Å². The van der Waals surface area contributed by atoms with Crippen LogP contribution in [0.5, 0.6) is 5.75 Å². The van der Waals surface area contributed by atoms with Crippen molar-refractivity contribution in [3.05, 3.63) is 33.9 Å². The molecule has 0 aliphatic rings. The van der Waals surface area contributed by atoms with E-state index in [2.05, 4.69) is 0 Å². The van der Waals surface area contributed by atoms with Crippen LogP contribution in [-0.2, 0) is 4.79 Å². The van der Waals surface area contributed by atoms with Gasteiger partial charge in [-0.2, -0.15) is 0 Å². The molecule has 0 aromatic heterocycles. The highest BCUT2D eigenvalue weighted by Gasteiger charge is 2.21. The number of carbonyl (C=O) groups excluding carboxylic acids is 2. The van der Waals surface area contributed by atoms with Gasteiger partial charge in [-0.15, -0.1) is 0 Å². The van der Waals surface area contributed by atoms with Crippen molar-refractivity contribution in [2.75, 3.05) is 0 Å². The van der Waals surface area contributed by atoms with Gasteiger partial charge in [0.1, 0.15) is 5.75 Å². The summed E-state index contributed by atoms with van der Waals surface area (Å²) < 4.78 is 5.30. The molecule has 3 amide bonds. The van der Waals surface area contributed by atoms with Gasteiger partial charge in [0.25, 0.3) is 11.6 Å². The summed E-state index contributed by atoms with van der Waals surface area (Å²) in [6.07, 6.45) is -2.11. The number of primary amides is 1. The van der Waals surface area contributed by atoms with Crippen LogP contribution in [0, 0.1) is 10.1 Å². The molecular formula is C12H15N3O6. The number of non-ortho nitro benzene ring substituents is 1. The Bertz CT molecular complexity index is 572. The summed E-state index contributed by atoms with van der Waals surface area (Å²) in [6, 6.07) is 2.59. The smallest absolute Gasteiger partial charge is 0.318 e. The van der Waals surface area contributed by atoms with Crippen molar-refractivity contribution in [1.29, 1.82) is 0 Å². The van der Waals surface area contributed by atoms with E-state index in [1.165, 1.54) is 26.0 Å². The molecule has 0 fully saturated rings. The Morgan fingerprint density at radius 1 is 1.43 bits per heavy atom. The van der Waals surface area contributed by atoms with E-state index in [1.807, 2.05) is 5.32 Å². The molecule has 0 radical (unpaired) electrons. The summed E-state index contributed by atoms with van der Waals surface area (Å²) in [5.74, 6) is -0.667. The van der Waals surface area contributed by atoms with Crippen molar-refractivity contribution in [2.24, 2.45) is 5.73 Å². The maximum Gasteiger partial charge on any atom is 0.318 e. The minimum atomic E-state index is -1.07. The molecule has 0 aliphatic carbocycles. The molecule has 2 atom stereocenters. The summed E-state index contributed by atoms with van der Waals surface area (Å²) in [5.41, 5.74) is 4.75. The van der Waals surface area contributed by atoms with E-state index >= 15 is 0 Å². The highest BCUT2D eigenvalue weighted by molar-refractivity contribution is 5.95. The van der Waals surface area contributed by atoms with Gasteiger partial charge >= 0.3 is 6.03 Å². The van der Waals surface area contributed by atoms with Gasteiger partial charge in [-0.25, -0.2) is 4.79 Å². The number of aliphatic hydroxyl groups is 1. The molecule has 0 heterocycles. The van der Waals surface area contributed by atoms with Crippen LogP contribution in [0.15, 0.2) is 18.2 Å². The minimum absolute atomic E-state index is 0.0997. The number of ether oxygens (including phenoxy) is 1. The summed E-state index contributed by atoms with van der Waals surface area (Å²) >= 11 is 0. The second kappa shape index (κ2) is 6.66. The van der Waals surface area contributed by atoms with Crippen molar-refractivity contribution in [3.8, 4) is 5.75 Å². The number of hydrogen-bond acceptors (Lipinski definition) is 6. The number of carbonyl (C=O) groups is 2. The molecular weight excluding hydrogens is 282 g/mol. The van der Waals surface area contributed by atoms with Crippen LogP contribution < -0.4 is 15.8 Å². The zero-order valence-corrected chi connectivity index (χ0v) is 11.4. The topological polar surface area (TPSA) is 145 Å². The predicted molar refractivity (Wildman–Crippen MR) is 71.5 cm³/mol. The van der Waals surface area contributed by atoms with E-state index in [4.69, 9.17) is 10.5 Å². The third-order valence-corrected chi connectivity index (χ3v) is 2.57. The quantitative estimate of drug-likeness (QED) is 0.536. The van der Waals surface area contributed by atoms with E-state index in [9.17, 15) is 24.8 Å². The van der Waals surface area contributed by atoms with Gasteiger partial charge in [0.2, 0.25) is 0 Å². The second-order valence-electron chi connectivity index (χ2n) is 4.27. The van der Waals surface area contributed by atoms with Gasteiger partial charge in [-0.05, 0) is 19.9 Å². The van der Waals surface area contributed by atoms with Crippen molar-refractivity contribution in [2.45, 2.75) is 26.1 Å². The highest BCUT2D eigenvalue weighted by Crippen LogP contribution is 2.30. The van der Waals surface area contributed by atoms with Crippen LogP contribution in [0.2, 0.25) is 0 Å². The normalized spacial score (nSPS) is 13.1. The van der Waals surface area contributed by atoms with E-state index in [-0.39, 0.29) is 17.0 Å². The predicted octanol–water partition coefficient (Wildman–Crippen LogP) is 0.610. The van der Waals surface area contributed by atoms with E-state index in [1.54, 1.807) is 0 Å². The summed E-state index contributed by atoms with van der Waals surface area (Å²) in [7, 11) is 0. The number of amides is 3. The first kappa shape index (κ1) is 16.4. The van der Waals surface area contributed by atoms with Crippen LogP contribution in [-0.4, -0.2) is 28.1 Å². The van der Waals surface area contributed by atoms with Crippen LogP contribution in [0.4, 0.5) is 10.5 Å². The molecule has 0 spiro atoms. The first-order valence-electron chi connectivity index (χ1n) is 5.95. The van der Waals surface area contributed by atoms with Gasteiger partial charge < -0.3 is 15.6 Å². The molecule has 0 bridgehead atoms. The highest BCUT2D eigenvalue weighted by atomic mass is 16.6. The Morgan fingerprint density at radius 2 is 2.05 bits per heavy atom. The number of benzene rings is 1. The molecule has 1 aromatic carbocycles. The molecule has 9 nitrogen and oxygen atoms in total. The molecule has 4 N–H and O–H groups in total. The monoisotopic (exact) mass is 297 g/mol. The first-order valence-corrected chi connectivity index (χ1v) is 5.95. The molecule has 1 rings (SSSR count). The molecule has 0 saturated heterocycles. The largest absolute Gasteiger partial charge is 0.480 e. The lowest BCUT2D eigenvalue weighted by atomic mass is 10.1. The summed E-state index contributed by atoms with van der Waals surface area (Å²) in [5, 5.41) is 22.2. The molecule has 0 saturated carbocycles. The molecule has 9 heteroatoms. The molecule has 1 aromatic rings. The Balaban J connectivity index is 2.99. The maximum atomic E-state index is 11.5.